The summed E-state index contributed by atoms with van der Waals surface area (Å²) in [7, 11) is -2.44. The van der Waals surface area contributed by atoms with E-state index in [1.165, 1.54) is 7.05 Å². The molecule has 0 fully saturated rings. The van der Waals surface area contributed by atoms with Crippen LogP contribution in [0.2, 0.25) is 0 Å². The van der Waals surface area contributed by atoms with Crippen molar-refractivity contribution in [1.82, 2.24) is 9.62 Å². The van der Waals surface area contributed by atoms with Gasteiger partial charge in [-0.15, -0.1) is 0 Å². The molecule has 0 aliphatic rings. The van der Waals surface area contributed by atoms with Gasteiger partial charge in [-0.2, -0.15) is 0 Å². The summed E-state index contributed by atoms with van der Waals surface area (Å²) in [5.41, 5.74) is -2.07. The van der Waals surface area contributed by atoms with Crippen molar-refractivity contribution in [2.75, 3.05) is 20.1 Å². The number of hydrogen-bond acceptors (Lipinski definition) is 5. The van der Waals surface area contributed by atoms with E-state index in [1.807, 2.05) is 0 Å². The van der Waals surface area contributed by atoms with Gasteiger partial charge in [0.05, 0.1) is 11.4 Å². The van der Waals surface area contributed by atoms with Crippen molar-refractivity contribution in [1.29, 1.82) is 0 Å². The van der Waals surface area contributed by atoms with Crippen LogP contribution in [0.5, 0.6) is 0 Å². The number of rotatable bonds is 9. The molecule has 0 heterocycles. The van der Waals surface area contributed by atoms with Crippen molar-refractivity contribution < 1.29 is 32.6 Å². The molecule has 1 rings (SSSR count). The van der Waals surface area contributed by atoms with Crippen molar-refractivity contribution in [3.8, 4) is 0 Å². The molecule has 1 aromatic rings. The normalized spacial score (nSPS) is 14.1. The first-order valence-corrected chi connectivity index (χ1v) is 8.85. The fourth-order valence-corrected chi connectivity index (χ4v) is 3.01. The average Bonchev–Trinajstić information content (AvgIpc) is 2.53. The smallest absolute Gasteiger partial charge is 0.337 e. The second-order valence-corrected chi connectivity index (χ2v) is 7.78. The van der Waals surface area contributed by atoms with E-state index in [2.05, 4.69) is 5.32 Å². The fraction of sp³-hybridized carbons (Fsp3) is 0.467. The highest BCUT2D eigenvalue weighted by Gasteiger charge is 2.30. The van der Waals surface area contributed by atoms with Crippen LogP contribution >= 0.6 is 0 Å². The predicted molar refractivity (Wildman–Crippen MR) is 86.7 cm³/mol. The molecule has 0 saturated carbocycles. The van der Waals surface area contributed by atoms with Gasteiger partial charge in [-0.3, -0.25) is 4.79 Å². The third-order valence-electron chi connectivity index (χ3n) is 3.49. The number of hydrogen-bond donors (Lipinski definition) is 3. The maximum absolute atomic E-state index is 12.9. The lowest BCUT2D eigenvalue weighted by Gasteiger charge is -2.19. The standard InChI is InChI=1S/C15H21FN2O6S/c1-15(22,14(20)21)10-17-13(19)4-3-9-18(2)25(23,24)12-7-5-11(16)6-8-12/h5-8,22H,3-4,9-10H2,1-2H3,(H,17,19)(H,20,21). The van der Waals surface area contributed by atoms with E-state index in [4.69, 9.17) is 5.11 Å². The van der Waals surface area contributed by atoms with Gasteiger partial charge in [0.1, 0.15) is 5.82 Å². The predicted octanol–water partition coefficient (Wildman–Crippen LogP) is 0.178. The number of nitrogens with one attached hydrogen (secondary N) is 1. The van der Waals surface area contributed by atoms with Crippen LogP contribution in [0.3, 0.4) is 0 Å². The van der Waals surface area contributed by atoms with E-state index in [1.54, 1.807) is 0 Å². The second-order valence-electron chi connectivity index (χ2n) is 5.74. The van der Waals surface area contributed by atoms with Gasteiger partial charge >= 0.3 is 5.97 Å². The Balaban J connectivity index is 2.48. The maximum atomic E-state index is 12.9. The molecule has 25 heavy (non-hydrogen) atoms. The first-order valence-electron chi connectivity index (χ1n) is 7.41. The molecular weight excluding hydrogens is 355 g/mol. The number of carbonyl (C=O) groups is 2. The van der Waals surface area contributed by atoms with E-state index < -0.39 is 39.9 Å². The number of nitrogens with zero attached hydrogens (tertiary/aromatic N) is 1. The largest absolute Gasteiger partial charge is 0.479 e. The Kier molecular flexibility index (Phi) is 7.03. The van der Waals surface area contributed by atoms with Crippen LogP contribution in [0.1, 0.15) is 19.8 Å². The van der Waals surface area contributed by atoms with Crippen molar-refractivity contribution >= 4 is 21.9 Å². The summed E-state index contributed by atoms with van der Waals surface area (Å²) in [4.78, 5) is 22.3. The molecule has 10 heteroatoms. The molecule has 0 radical (unpaired) electrons. The summed E-state index contributed by atoms with van der Waals surface area (Å²) in [6, 6.07) is 4.40. The van der Waals surface area contributed by atoms with Gasteiger partial charge in [0.25, 0.3) is 0 Å². The van der Waals surface area contributed by atoms with E-state index >= 15 is 0 Å². The second kappa shape index (κ2) is 8.37. The Morgan fingerprint density at radius 2 is 1.84 bits per heavy atom. The summed E-state index contributed by atoms with van der Waals surface area (Å²) in [6.45, 7) is 0.645. The van der Waals surface area contributed by atoms with Gasteiger partial charge in [0.2, 0.25) is 15.9 Å². The summed E-state index contributed by atoms with van der Waals surface area (Å²) in [5, 5.41) is 20.5. The van der Waals surface area contributed by atoms with Crippen LogP contribution in [0.15, 0.2) is 29.2 Å². The van der Waals surface area contributed by atoms with Gasteiger partial charge in [0, 0.05) is 20.0 Å². The average molecular weight is 376 g/mol. The highest BCUT2D eigenvalue weighted by atomic mass is 32.2. The fourth-order valence-electron chi connectivity index (χ4n) is 1.80. The van der Waals surface area contributed by atoms with Crippen molar-refractivity contribution in [2.24, 2.45) is 0 Å². The Hall–Kier alpha value is -2.04. The number of amides is 1. The van der Waals surface area contributed by atoms with Crippen LogP contribution in [-0.4, -0.2) is 60.6 Å². The third kappa shape index (κ3) is 6.07. The molecule has 0 spiro atoms. The van der Waals surface area contributed by atoms with Crippen molar-refractivity contribution in [3.63, 3.8) is 0 Å². The zero-order valence-electron chi connectivity index (χ0n) is 13.9. The summed E-state index contributed by atoms with van der Waals surface area (Å²) in [6.07, 6.45) is 0.150. The quantitative estimate of drug-likeness (QED) is 0.565. The molecule has 1 aromatic carbocycles. The molecule has 1 unspecified atom stereocenters. The Morgan fingerprint density at radius 3 is 2.36 bits per heavy atom. The molecule has 1 atom stereocenters. The Bertz CT molecular complexity index is 718. The molecule has 0 aliphatic heterocycles. The topological polar surface area (TPSA) is 124 Å². The number of carboxylic acids is 1. The van der Waals surface area contributed by atoms with Crippen LogP contribution in [0.4, 0.5) is 4.39 Å². The number of carboxylic acid groups (broad SMARTS) is 1. The van der Waals surface area contributed by atoms with Gasteiger partial charge in [-0.25, -0.2) is 21.9 Å². The number of carbonyl (C=O) groups excluding carboxylic acids is 1. The minimum atomic E-state index is -3.78. The van der Waals surface area contributed by atoms with Gasteiger partial charge in [-0.1, -0.05) is 0 Å². The van der Waals surface area contributed by atoms with Gasteiger partial charge in [0.15, 0.2) is 5.60 Å². The lowest BCUT2D eigenvalue weighted by Crippen LogP contribution is -2.46. The number of aliphatic hydroxyl groups is 1. The third-order valence-corrected chi connectivity index (χ3v) is 5.36. The molecule has 3 N–H and O–H groups in total. The minimum Gasteiger partial charge on any atom is -0.479 e. The van der Waals surface area contributed by atoms with Crippen LogP contribution in [-0.2, 0) is 19.6 Å². The number of aliphatic carboxylic acids is 1. The summed E-state index contributed by atoms with van der Waals surface area (Å²) in [5.74, 6) is -2.51. The minimum absolute atomic E-state index is 0.0427. The van der Waals surface area contributed by atoms with Crippen molar-refractivity contribution in [2.45, 2.75) is 30.3 Å². The molecule has 0 saturated heterocycles. The zero-order valence-corrected chi connectivity index (χ0v) is 14.7. The summed E-state index contributed by atoms with van der Waals surface area (Å²) >= 11 is 0. The van der Waals surface area contributed by atoms with Crippen LogP contribution < -0.4 is 5.32 Å². The number of benzene rings is 1. The number of halogens is 1. The lowest BCUT2D eigenvalue weighted by atomic mass is 10.1. The Labute approximate surface area is 145 Å². The first kappa shape index (κ1) is 21.0. The molecule has 1 amide bonds. The molecule has 8 nitrogen and oxygen atoms in total. The van der Waals surface area contributed by atoms with E-state index in [9.17, 15) is 27.5 Å². The molecule has 0 aromatic heterocycles. The molecule has 140 valence electrons. The zero-order chi connectivity index (χ0) is 19.3. The lowest BCUT2D eigenvalue weighted by molar-refractivity contribution is -0.156. The van der Waals surface area contributed by atoms with Gasteiger partial charge in [-0.05, 0) is 37.6 Å². The first-order chi connectivity index (χ1) is 11.5. The van der Waals surface area contributed by atoms with E-state index in [0.29, 0.717) is 0 Å². The highest BCUT2D eigenvalue weighted by molar-refractivity contribution is 7.89. The monoisotopic (exact) mass is 376 g/mol. The van der Waals surface area contributed by atoms with Crippen molar-refractivity contribution in [3.05, 3.63) is 30.1 Å². The molecule has 0 aliphatic carbocycles. The highest BCUT2D eigenvalue weighted by Crippen LogP contribution is 2.15. The van der Waals surface area contributed by atoms with E-state index in [-0.39, 0.29) is 24.3 Å². The van der Waals surface area contributed by atoms with E-state index in [0.717, 1.165) is 35.5 Å². The Morgan fingerprint density at radius 1 is 1.28 bits per heavy atom. The van der Waals surface area contributed by atoms with Crippen LogP contribution in [0, 0.1) is 5.82 Å². The van der Waals surface area contributed by atoms with Crippen LogP contribution in [0.25, 0.3) is 0 Å². The molecule has 0 bridgehead atoms. The number of sulfonamides is 1. The maximum Gasteiger partial charge on any atom is 0.337 e. The SMILES string of the molecule is CN(CCCC(=O)NCC(C)(O)C(=O)O)S(=O)(=O)c1ccc(F)cc1. The summed E-state index contributed by atoms with van der Waals surface area (Å²) < 4.78 is 38.4. The molecular formula is C15H21FN2O6S. The van der Waals surface area contributed by atoms with Gasteiger partial charge < -0.3 is 15.5 Å².